The number of nitrogens with two attached hydrogens (primary N) is 1. The molecule has 0 radical (unpaired) electrons. The Morgan fingerprint density at radius 3 is 2.40 bits per heavy atom. The Kier molecular flexibility index (Phi) is 6.36. The molecule has 0 aliphatic heterocycles. The molecule has 6 nitrogen and oxygen atoms in total. The maximum atomic E-state index is 12.7. The van der Waals surface area contributed by atoms with Crippen molar-refractivity contribution in [3.63, 3.8) is 0 Å². The van der Waals surface area contributed by atoms with E-state index in [1.54, 1.807) is 24.3 Å². The Balaban J connectivity index is 2.02. The van der Waals surface area contributed by atoms with E-state index in [2.05, 4.69) is 17.1 Å². The minimum atomic E-state index is -0.164. The first-order chi connectivity index (χ1) is 14.5. The first-order valence-corrected chi connectivity index (χ1v) is 9.98. The van der Waals surface area contributed by atoms with Gasteiger partial charge in [-0.05, 0) is 24.6 Å². The number of hydrogen-bond donors (Lipinski definition) is 1. The third kappa shape index (κ3) is 4.12. The quantitative estimate of drug-likeness (QED) is 0.471. The van der Waals surface area contributed by atoms with E-state index in [1.807, 2.05) is 31.2 Å². The van der Waals surface area contributed by atoms with Gasteiger partial charge in [-0.3, -0.25) is 4.79 Å². The van der Waals surface area contributed by atoms with Crippen LogP contribution in [0.25, 0.3) is 11.1 Å². The number of anilines is 1. The minimum absolute atomic E-state index is 0.0271. The molecule has 0 aliphatic rings. The molecule has 2 aromatic carbocycles. The Morgan fingerprint density at radius 1 is 1.10 bits per heavy atom. The molecule has 3 rings (SSSR count). The molecule has 0 unspecified atom stereocenters. The molecule has 0 saturated heterocycles. The van der Waals surface area contributed by atoms with Gasteiger partial charge in [0.15, 0.2) is 5.78 Å². The average Bonchev–Trinajstić information content (AvgIpc) is 2.77. The number of ketones is 1. The molecule has 2 N–H and O–H groups in total. The molecule has 0 amide bonds. The highest BCUT2D eigenvalue weighted by Crippen LogP contribution is 2.36. The predicted molar refractivity (Wildman–Crippen MR) is 116 cm³/mol. The van der Waals surface area contributed by atoms with E-state index in [1.165, 1.54) is 7.11 Å². The Labute approximate surface area is 178 Å². The number of ether oxygens (including phenoxy) is 1. The van der Waals surface area contributed by atoms with Crippen molar-refractivity contribution in [1.82, 2.24) is 4.98 Å². The molecule has 0 aliphatic carbocycles. The smallest absolute Gasteiger partial charge is 0.176 e. The number of pyridine rings is 1. The fourth-order valence-electron chi connectivity index (χ4n) is 3.00. The van der Waals surface area contributed by atoms with E-state index in [-0.39, 0.29) is 28.5 Å². The number of para-hydroxylation sites is 1. The van der Waals surface area contributed by atoms with Crippen molar-refractivity contribution in [3.05, 3.63) is 70.8 Å². The number of nitriles is 2. The first kappa shape index (κ1) is 20.9. The zero-order valence-corrected chi connectivity index (χ0v) is 17.3. The number of carbonyl (C=O) groups is 1. The van der Waals surface area contributed by atoms with E-state index >= 15 is 0 Å². The molecule has 0 saturated carbocycles. The lowest BCUT2D eigenvalue weighted by atomic mass is 9.96. The fourth-order valence-corrected chi connectivity index (χ4v) is 3.88. The minimum Gasteiger partial charge on any atom is -0.496 e. The highest BCUT2D eigenvalue weighted by atomic mass is 32.2. The number of aromatic nitrogens is 1. The summed E-state index contributed by atoms with van der Waals surface area (Å²) in [6.45, 7) is 1.95. The third-order valence-electron chi connectivity index (χ3n) is 4.50. The Bertz CT molecular complexity index is 1190. The summed E-state index contributed by atoms with van der Waals surface area (Å²) in [6.07, 6.45) is 0. The van der Waals surface area contributed by atoms with Crippen molar-refractivity contribution in [2.45, 2.75) is 11.9 Å². The van der Waals surface area contributed by atoms with Crippen LogP contribution in [0.1, 0.15) is 27.0 Å². The lowest BCUT2D eigenvalue weighted by Gasteiger charge is -2.13. The van der Waals surface area contributed by atoms with E-state index in [4.69, 9.17) is 10.5 Å². The second-order valence-electron chi connectivity index (χ2n) is 6.43. The van der Waals surface area contributed by atoms with E-state index in [0.717, 1.165) is 17.3 Å². The SMILES string of the molecule is COc1ccccc1C(=O)CSc1nc(N)c(C#N)c(-c2ccc(C)cc2)c1C#N. The van der Waals surface area contributed by atoms with Crippen molar-refractivity contribution in [1.29, 1.82) is 10.5 Å². The lowest BCUT2D eigenvalue weighted by Crippen LogP contribution is -2.07. The van der Waals surface area contributed by atoms with Gasteiger partial charge < -0.3 is 10.5 Å². The number of methoxy groups -OCH3 is 1. The number of rotatable bonds is 6. The third-order valence-corrected chi connectivity index (χ3v) is 5.48. The number of thioether (sulfide) groups is 1. The highest BCUT2D eigenvalue weighted by Gasteiger charge is 2.21. The Morgan fingerprint density at radius 2 is 1.77 bits per heavy atom. The zero-order chi connectivity index (χ0) is 21.7. The van der Waals surface area contributed by atoms with Gasteiger partial charge in [-0.1, -0.05) is 53.7 Å². The van der Waals surface area contributed by atoms with Crippen LogP contribution in [0.15, 0.2) is 53.6 Å². The van der Waals surface area contributed by atoms with Crippen LogP contribution in [0, 0.1) is 29.6 Å². The number of carbonyl (C=O) groups excluding carboxylic acids is 1. The van der Waals surface area contributed by atoms with Crippen molar-refractivity contribution in [3.8, 4) is 29.0 Å². The summed E-state index contributed by atoms with van der Waals surface area (Å²) < 4.78 is 5.25. The summed E-state index contributed by atoms with van der Waals surface area (Å²) in [7, 11) is 1.50. The van der Waals surface area contributed by atoms with Crippen LogP contribution in [0.3, 0.4) is 0 Å². The monoisotopic (exact) mass is 414 g/mol. The topological polar surface area (TPSA) is 113 Å². The summed E-state index contributed by atoms with van der Waals surface area (Å²) in [4.78, 5) is 16.9. The van der Waals surface area contributed by atoms with Gasteiger partial charge in [0.1, 0.15) is 34.3 Å². The summed E-state index contributed by atoms with van der Waals surface area (Å²) in [6, 6.07) is 18.6. The lowest BCUT2D eigenvalue weighted by molar-refractivity contribution is 0.101. The summed E-state index contributed by atoms with van der Waals surface area (Å²) in [5.74, 6) is 0.388. The summed E-state index contributed by atoms with van der Waals surface area (Å²) >= 11 is 1.11. The van der Waals surface area contributed by atoms with Gasteiger partial charge in [-0.15, -0.1) is 0 Å². The molecule has 148 valence electrons. The second-order valence-corrected chi connectivity index (χ2v) is 7.39. The molecular formula is C23H18N4O2S. The summed E-state index contributed by atoms with van der Waals surface area (Å²) in [5.41, 5.74) is 9.03. The van der Waals surface area contributed by atoms with Crippen molar-refractivity contribution in [2.24, 2.45) is 0 Å². The predicted octanol–water partition coefficient (Wildman–Crippen LogP) is 4.37. The van der Waals surface area contributed by atoms with Gasteiger partial charge in [0, 0.05) is 5.56 Å². The van der Waals surface area contributed by atoms with Crippen LogP contribution in [0.5, 0.6) is 5.75 Å². The second kappa shape index (κ2) is 9.13. The van der Waals surface area contributed by atoms with Gasteiger partial charge >= 0.3 is 0 Å². The fraction of sp³-hybridized carbons (Fsp3) is 0.130. The molecule has 0 fully saturated rings. The van der Waals surface area contributed by atoms with Crippen LogP contribution in [0.2, 0.25) is 0 Å². The molecule has 0 spiro atoms. The molecule has 1 heterocycles. The number of Topliss-reactive ketones (excluding diaryl/α,β-unsaturated/α-hetero) is 1. The van der Waals surface area contributed by atoms with Gasteiger partial charge in [-0.25, -0.2) is 4.98 Å². The van der Waals surface area contributed by atoms with Crippen LogP contribution >= 0.6 is 11.8 Å². The number of hydrogen-bond acceptors (Lipinski definition) is 7. The standard InChI is InChI=1S/C23H18N4O2S/c1-14-7-9-15(10-8-14)21-17(11-24)22(26)27-23(18(21)12-25)30-13-19(28)16-5-3-4-6-20(16)29-2/h3-10H,13H2,1-2H3,(H2,26,27). The Hall–Kier alpha value is -3.81. The van der Waals surface area contributed by atoms with Crippen LogP contribution in [0.4, 0.5) is 5.82 Å². The average molecular weight is 414 g/mol. The molecule has 1 aromatic heterocycles. The zero-order valence-electron chi connectivity index (χ0n) is 16.5. The van der Waals surface area contributed by atoms with Crippen LogP contribution < -0.4 is 10.5 Å². The maximum Gasteiger partial charge on any atom is 0.176 e. The van der Waals surface area contributed by atoms with E-state index in [9.17, 15) is 15.3 Å². The number of nitrogen functional groups attached to an aromatic ring is 1. The van der Waals surface area contributed by atoms with Crippen LogP contribution in [-0.4, -0.2) is 23.6 Å². The molecular weight excluding hydrogens is 396 g/mol. The number of nitrogens with zero attached hydrogens (tertiary/aromatic N) is 3. The van der Waals surface area contributed by atoms with Gasteiger partial charge in [0.25, 0.3) is 0 Å². The van der Waals surface area contributed by atoms with E-state index < -0.39 is 0 Å². The molecule has 3 aromatic rings. The summed E-state index contributed by atoms with van der Waals surface area (Å²) in [5, 5.41) is 19.7. The highest BCUT2D eigenvalue weighted by molar-refractivity contribution is 8.00. The van der Waals surface area contributed by atoms with Crippen LogP contribution in [-0.2, 0) is 0 Å². The van der Waals surface area contributed by atoms with Gasteiger partial charge in [-0.2, -0.15) is 10.5 Å². The van der Waals surface area contributed by atoms with Crippen molar-refractivity contribution < 1.29 is 9.53 Å². The van der Waals surface area contributed by atoms with Crippen molar-refractivity contribution >= 4 is 23.4 Å². The number of benzene rings is 2. The first-order valence-electron chi connectivity index (χ1n) is 8.99. The maximum absolute atomic E-state index is 12.7. The molecule has 7 heteroatoms. The number of aryl methyl sites for hydroxylation is 1. The molecule has 0 bridgehead atoms. The van der Waals surface area contributed by atoms with Crippen molar-refractivity contribution in [2.75, 3.05) is 18.6 Å². The van der Waals surface area contributed by atoms with Gasteiger partial charge in [0.05, 0.1) is 24.0 Å². The van der Waals surface area contributed by atoms with E-state index in [0.29, 0.717) is 27.5 Å². The van der Waals surface area contributed by atoms with Gasteiger partial charge in [0.2, 0.25) is 0 Å². The largest absolute Gasteiger partial charge is 0.496 e. The molecule has 0 atom stereocenters. The normalized spacial score (nSPS) is 10.1. The molecule has 30 heavy (non-hydrogen) atoms.